The van der Waals surface area contributed by atoms with Crippen LogP contribution in [0.1, 0.15) is 85.9 Å². The van der Waals surface area contributed by atoms with Crippen LogP contribution in [0.3, 0.4) is 0 Å². The summed E-state index contributed by atoms with van der Waals surface area (Å²) in [5.74, 6) is -2.16. The van der Waals surface area contributed by atoms with E-state index in [-0.39, 0.29) is 36.0 Å². The first-order chi connectivity index (χ1) is 16.3. The minimum absolute atomic E-state index is 0.0452. The van der Waals surface area contributed by atoms with Crippen molar-refractivity contribution in [2.75, 3.05) is 11.9 Å². The van der Waals surface area contributed by atoms with E-state index in [0.29, 0.717) is 18.7 Å². The fourth-order valence-corrected chi connectivity index (χ4v) is 4.06. The highest BCUT2D eigenvalue weighted by atomic mass is 16.7. The van der Waals surface area contributed by atoms with Crippen molar-refractivity contribution >= 4 is 35.2 Å². The maximum atomic E-state index is 13.1. The van der Waals surface area contributed by atoms with Crippen molar-refractivity contribution < 1.29 is 28.8 Å². The van der Waals surface area contributed by atoms with Gasteiger partial charge in [-0.15, -0.1) is 0 Å². The van der Waals surface area contributed by atoms with E-state index in [4.69, 9.17) is 4.84 Å². The summed E-state index contributed by atoms with van der Waals surface area (Å²) in [5, 5.41) is 5.44. The van der Waals surface area contributed by atoms with Gasteiger partial charge < -0.3 is 5.32 Å². The fourth-order valence-electron chi connectivity index (χ4n) is 4.06. The molecule has 0 bridgehead atoms. The van der Waals surface area contributed by atoms with Gasteiger partial charge in [-0.1, -0.05) is 25.3 Å². The Morgan fingerprint density at radius 1 is 1.09 bits per heavy atom. The van der Waals surface area contributed by atoms with Gasteiger partial charge in [-0.3, -0.25) is 39.0 Å². The van der Waals surface area contributed by atoms with E-state index in [1.54, 1.807) is 18.2 Å². The number of hydrogen-bond donors (Lipinski definition) is 3. The highest BCUT2D eigenvalue weighted by Crippen LogP contribution is 2.32. The molecule has 0 radical (unpaired) electrons. The first-order valence-electron chi connectivity index (χ1n) is 11.8. The number of piperidine rings is 1. The zero-order chi connectivity index (χ0) is 24.7. The monoisotopic (exact) mass is 472 g/mol. The van der Waals surface area contributed by atoms with Gasteiger partial charge in [-0.25, -0.2) is 5.48 Å². The molecule has 2 aliphatic heterocycles. The van der Waals surface area contributed by atoms with Crippen molar-refractivity contribution in [1.29, 1.82) is 0 Å². The van der Waals surface area contributed by atoms with Gasteiger partial charge in [0.2, 0.25) is 17.7 Å². The zero-order valence-electron chi connectivity index (χ0n) is 19.6. The van der Waals surface area contributed by atoms with Crippen LogP contribution >= 0.6 is 0 Å². The van der Waals surface area contributed by atoms with Crippen LogP contribution in [0.25, 0.3) is 0 Å². The third kappa shape index (κ3) is 6.19. The van der Waals surface area contributed by atoms with E-state index < -0.39 is 29.7 Å². The average molecular weight is 473 g/mol. The van der Waals surface area contributed by atoms with Crippen molar-refractivity contribution in [3.63, 3.8) is 0 Å². The van der Waals surface area contributed by atoms with Gasteiger partial charge in [0.05, 0.1) is 17.2 Å². The van der Waals surface area contributed by atoms with E-state index in [1.165, 1.54) is 0 Å². The standard InChI is InChI=1S/C24H32N4O6/c1-15(2)34-27-20(30)11-6-4-3-5-7-14-25-17-10-8-9-16-21(17)24(33)28(23(16)32)18-12-13-19(29)26-22(18)31/h8-10,15,18,25H,3-7,11-14H2,1-2H3,(H,27,30)(H,26,29,31). The quantitative estimate of drug-likeness (QED) is 0.241. The van der Waals surface area contributed by atoms with E-state index >= 15 is 0 Å². The lowest BCUT2D eigenvalue weighted by molar-refractivity contribution is -0.137. The molecule has 34 heavy (non-hydrogen) atoms. The second-order valence-corrected chi connectivity index (χ2v) is 8.81. The van der Waals surface area contributed by atoms with Gasteiger partial charge in [-0.05, 0) is 45.2 Å². The number of benzene rings is 1. The number of nitrogens with zero attached hydrogens (tertiary/aromatic N) is 1. The van der Waals surface area contributed by atoms with E-state index in [1.807, 2.05) is 13.8 Å². The van der Waals surface area contributed by atoms with E-state index in [9.17, 15) is 24.0 Å². The highest BCUT2D eigenvalue weighted by Gasteiger charge is 2.45. The number of amides is 5. The van der Waals surface area contributed by atoms with Gasteiger partial charge in [0.1, 0.15) is 6.04 Å². The van der Waals surface area contributed by atoms with Crippen LogP contribution in [0.4, 0.5) is 5.69 Å². The lowest BCUT2D eigenvalue weighted by Gasteiger charge is -2.27. The highest BCUT2D eigenvalue weighted by molar-refractivity contribution is 6.25. The summed E-state index contributed by atoms with van der Waals surface area (Å²) in [6.07, 6.45) is 5.14. The smallest absolute Gasteiger partial charge is 0.264 e. The molecule has 1 unspecified atom stereocenters. The van der Waals surface area contributed by atoms with E-state index in [2.05, 4.69) is 16.1 Å². The molecule has 184 valence electrons. The molecule has 0 spiro atoms. The summed E-state index contributed by atoms with van der Waals surface area (Å²) in [5.41, 5.74) is 3.52. The Balaban J connectivity index is 1.44. The Hall–Kier alpha value is -3.27. The molecular weight excluding hydrogens is 440 g/mol. The maximum absolute atomic E-state index is 13.1. The second-order valence-electron chi connectivity index (χ2n) is 8.81. The van der Waals surface area contributed by atoms with Crippen LogP contribution in [0.15, 0.2) is 18.2 Å². The summed E-state index contributed by atoms with van der Waals surface area (Å²) in [6, 6.07) is 4.05. The number of anilines is 1. The predicted molar refractivity (Wildman–Crippen MR) is 124 cm³/mol. The Morgan fingerprint density at radius 3 is 2.56 bits per heavy atom. The van der Waals surface area contributed by atoms with Gasteiger partial charge in [-0.2, -0.15) is 0 Å². The molecule has 0 aromatic heterocycles. The maximum Gasteiger partial charge on any atom is 0.264 e. The van der Waals surface area contributed by atoms with Crippen LogP contribution in [-0.2, 0) is 19.2 Å². The van der Waals surface area contributed by atoms with Crippen LogP contribution in [0.5, 0.6) is 0 Å². The lowest BCUT2D eigenvalue weighted by Crippen LogP contribution is -2.54. The summed E-state index contributed by atoms with van der Waals surface area (Å²) in [4.78, 5) is 67.2. The molecule has 5 amide bonds. The minimum atomic E-state index is -0.975. The molecular formula is C24H32N4O6. The third-order valence-corrected chi connectivity index (χ3v) is 5.77. The number of carbonyl (C=O) groups is 5. The molecule has 1 fully saturated rings. The molecule has 10 nitrogen and oxygen atoms in total. The Morgan fingerprint density at radius 2 is 1.82 bits per heavy atom. The van der Waals surface area contributed by atoms with Crippen LogP contribution in [-0.4, -0.2) is 53.1 Å². The summed E-state index contributed by atoms with van der Waals surface area (Å²) < 4.78 is 0. The molecule has 2 heterocycles. The van der Waals surface area contributed by atoms with Gasteiger partial charge in [0.25, 0.3) is 11.8 Å². The van der Waals surface area contributed by atoms with Crippen molar-refractivity contribution in [2.45, 2.75) is 77.4 Å². The van der Waals surface area contributed by atoms with E-state index in [0.717, 1.165) is 37.0 Å². The summed E-state index contributed by atoms with van der Waals surface area (Å²) in [7, 11) is 0. The van der Waals surface area contributed by atoms with Crippen LogP contribution in [0, 0.1) is 0 Å². The zero-order valence-corrected chi connectivity index (χ0v) is 19.6. The number of hydroxylamine groups is 1. The largest absolute Gasteiger partial charge is 0.384 e. The van der Waals surface area contributed by atoms with Crippen LogP contribution < -0.4 is 16.1 Å². The lowest BCUT2D eigenvalue weighted by atomic mass is 10.0. The average Bonchev–Trinajstić information content (AvgIpc) is 3.05. The van der Waals surface area contributed by atoms with Crippen molar-refractivity contribution in [2.24, 2.45) is 0 Å². The molecule has 1 aromatic rings. The topological polar surface area (TPSA) is 134 Å². The van der Waals surface area contributed by atoms with Crippen LogP contribution in [0.2, 0.25) is 0 Å². The molecule has 2 aliphatic rings. The summed E-state index contributed by atoms with van der Waals surface area (Å²) >= 11 is 0. The number of nitrogens with one attached hydrogen (secondary N) is 3. The predicted octanol–water partition coefficient (Wildman–Crippen LogP) is 2.30. The Labute approximate surface area is 198 Å². The SMILES string of the molecule is CC(C)ONC(=O)CCCCCCCNc1cccc2c1C(=O)N(C1CCC(=O)NC1=O)C2=O. The number of unbranched alkanes of at least 4 members (excludes halogenated alkanes) is 4. The van der Waals surface area contributed by atoms with Crippen molar-refractivity contribution in [3.05, 3.63) is 29.3 Å². The molecule has 10 heteroatoms. The molecule has 1 atom stereocenters. The van der Waals surface area contributed by atoms with Crippen molar-refractivity contribution in [3.8, 4) is 0 Å². The Kier molecular flexibility index (Phi) is 8.75. The minimum Gasteiger partial charge on any atom is -0.384 e. The number of fused-ring (bicyclic) bond motifs is 1. The first kappa shape index (κ1) is 25.4. The number of imide groups is 2. The number of hydrogen-bond acceptors (Lipinski definition) is 7. The molecule has 3 rings (SSSR count). The Bertz CT molecular complexity index is 961. The number of carbonyl (C=O) groups excluding carboxylic acids is 5. The molecule has 3 N–H and O–H groups in total. The normalized spacial score (nSPS) is 17.7. The molecule has 1 aromatic carbocycles. The molecule has 0 saturated carbocycles. The first-order valence-corrected chi connectivity index (χ1v) is 11.8. The second kappa shape index (κ2) is 11.7. The van der Waals surface area contributed by atoms with Gasteiger partial charge in [0.15, 0.2) is 0 Å². The van der Waals surface area contributed by atoms with Gasteiger partial charge >= 0.3 is 0 Å². The number of rotatable bonds is 12. The summed E-state index contributed by atoms with van der Waals surface area (Å²) in [6.45, 7) is 4.32. The fraction of sp³-hybridized carbons (Fsp3) is 0.542. The van der Waals surface area contributed by atoms with Crippen molar-refractivity contribution in [1.82, 2.24) is 15.7 Å². The van der Waals surface area contributed by atoms with Gasteiger partial charge in [0, 0.05) is 25.1 Å². The molecule has 1 saturated heterocycles. The molecule has 0 aliphatic carbocycles. The third-order valence-electron chi connectivity index (χ3n) is 5.77.